The maximum Gasteiger partial charge on any atom is 0.298 e. The number of aromatic nitrogens is 4. The Morgan fingerprint density at radius 3 is 2.56 bits per heavy atom. The largest absolute Gasteiger partial charge is 0.298 e. The molecule has 0 bridgehead atoms. The van der Waals surface area contributed by atoms with Gasteiger partial charge in [-0.3, -0.25) is 9.59 Å². The third-order valence-electron chi connectivity index (χ3n) is 4.44. The minimum atomic E-state index is -0.304. The molecule has 8 heteroatoms. The number of thioether (sulfide) groups is 1. The fraction of sp³-hybridized carbons (Fsp3) is 0.105. The van der Waals surface area contributed by atoms with E-state index in [1.807, 2.05) is 50.2 Å². The SMILES string of the molecule is Cc1cccc(N2C(=O)S/C(=C\c3ccc(-c4nnn[nH]4)cc3)C2=O)c1C. The maximum atomic E-state index is 12.8. The Balaban J connectivity index is 1.62. The van der Waals surface area contributed by atoms with E-state index in [0.717, 1.165) is 34.0 Å². The minimum Gasteiger partial charge on any atom is -0.268 e. The number of tetrazole rings is 1. The van der Waals surface area contributed by atoms with Crippen LogP contribution in [0.2, 0.25) is 0 Å². The van der Waals surface area contributed by atoms with Crippen LogP contribution in [0.4, 0.5) is 10.5 Å². The van der Waals surface area contributed by atoms with Gasteiger partial charge in [0, 0.05) is 5.56 Å². The summed E-state index contributed by atoms with van der Waals surface area (Å²) in [6.45, 7) is 3.87. The molecule has 0 aliphatic carbocycles. The van der Waals surface area contributed by atoms with E-state index in [1.54, 1.807) is 12.1 Å². The second kappa shape index (κ2) is 6.81. The van der Waals surface area contributed by atoms with Crippen LogP contribution in [-0.2, 0) is 4.79 Å². The summed E-state index contributed by atoms with van der Waals surface area (Å²) in [4.78, 5) is 26.9. The highest BCUT2D eigenvalue weighted by molar-refractivity contribution is 8.19. The van der Waals surface area contributed by atoms with Crippen molar-refractivity contribution in [3.63, 3.8) is 0 Å². The summed E-state index contributed by atoms with van der Waals surface area (Å²) in [5.74, 6) is 0.263. The third-order valence-corrected chi connectivity index (χ3v) is 5.31. The zero-order valence-electron chi connectivity index (χ0n) is 14.6. The number of rotatable bonds is 3. The molecule has 2 heterocycles. The van der Waals surface area contributed by atoms with Gasteiger partial charge in [0.25, 0.3) is 11.1 Å². The molecule has 0 atom stereocenters. The molecule has 1 N–H and O–H groups in total. The lowest BCUT2D eigenvalue weighted by Crippen LogP contribution is -2.28. The van der Waals surface area contributed by atoms with Gasteiger partial charge >= 0.3 is 0 Å². The Hall–Kier alpha value is -3.26. The van der Waals surface area contributed by atoms with Crippen LogP contribution in [0.25, 0.3) is 17.5 Å². The van der Waals surface area contributed by atoms with E-state index < -0.39 is 0 Å². The Bertz CT molecular complexity index is 1060. The van der Waals surface area contributed by atoms with E-state index in [0.29, 0.717) is 16.4 Å². The van der Waals surface area contributed by atoms with Crippen molar-refractivity contribution in [1.82, 2.24) is 20.6 Å². The summed E-state index contributed by atoms with van der Waals surface area (Å²) in [5, 5.41) is 13.4. The molecule has 2 amide bonds. The maximum absolute atomic E-state index is 12.8. The number of benzene rings is 2. The molecule has 1 fully saturated rings. The topological polar surface area (TPSA) is 91.8 Å². The summed E-state index contributed by atoms with van der Waals surface area (Å²) in [6, 6.07) is 13.0. The number of carbonyl (C=O) groups excluding carboxylic acids is 2. The standard InChI is InChI=1S/C19H15N5O2S/c1-11-4-3-5-15(12(11)2)24-18(25)16(27-19(24)26)10-13-6-8-14(9-7-13)17-20-22-23-21-17/h3-10H,1-2H3,(H,20,21,22,23)/b16-10-. The van der Waals surface area contributed by atoms with Crippen LogP contribution in [0, 0.1) is 13.8 Å². The molecule has 0 spiro atoms. The second-order valence-electron chi connectivity index (χ2n) is 6.11. The Labute approximate surface area is 159 Å². The van der Waals surface area contributed by atoms with Crippen LogP contribution in [0.1, 0.15) is 16.7 Å². The van der Waals surface area contributed by atoms with Crippen molar-refractivity contribution in [2.24, 2.45) is 0 Å². The quantitative estimate of drug-likeness (QED) is 0.700. The number of amides is 2. The Kier molecular flexibility index (Phi) is 4.33. The molecular formula is C19H15N5O2S. The number of aromatic amines is 1. The van der Waals surface area contributed by atoms with Crippen LogP contribution in [0.3, 0.4) is 0 Å². The van der Waals surface area contributed by atoms with E-state index in [2.05, 4.69) is 20.6 Å². The van der Waals surface area contributed by atoms with Crippen LogP contribution >= 0.6 is 11.8 Å². The van der Waals surface area contributed by atoms with Crippen LogP contribution in [0.5, 0.6) is 0 Å². The van der Waals surface area contributed by atoms with E-state index in [1.165, 1.54) is 4.90 Å². The summed E-state index contributed by atoms with van der Waals surface area (Å²) in [5.41, 5.74) is 4.24. The molecule has 1 aliphatic rings. The number of hydrogen-bond donors (Lipinski definition) is 1. The first kappa shape index (κ1) is 17.2. The highest BCUT2D eigenvalue weighted by Crippen LogP contribution is 2.37. The Morgan fingerprint density at radius 1 is 1.07 bits per heavy atom. The third kappa shape index (κ3) is 3.15. The molecule has 0 radical (unpaired) electrons. The highest BCUT2D eigenvalue weighted by atomic mass is 32.2. The van der Waals surface area contributed by atoms with Gasteiger partial charge in [0.1, 0.15) is 0 Å². The molecule has 0 saturated carbocycles. The van der Waals surface area contributed by atoms with Crippen molar-refractivity contribution in [2.45, 2.75) is 13.8 Å². The zero-order chi connectivity index (χ0) is 19.0. The van der Waals surface area contributed by atoms with Crippen molar-refractivity contribution < 1.29 is 9.59 Å². The molecule has 1 saturated heterocycles. The lowest BCUT2D eigenvalue weighted by molar-refractivity contribution is -0.113. The molecule has 2 aromatic carbocycles. The fourth-order valence-corrected chi connectivity index (χ4v) is 3.66. The highest BCUT2D eigenvalue weighted by Gasteiger charge is 2.37. The van der Waals surface area contributed by atoms with Gasteiger partial charge in [-0.2, -0.15) is 0 Å². The molecule has 1 aromatic heterocycles. The number of nitrogens with zero attached hydrogens (tertiary/aromatic N) is 4. The van der Waals surface area contributed by atoms with E-state index >= 15 is 0 Å². The second-order valence-corrected chi connectivity index (χ2v) is 7.10. The van der Waals surface area contributed by atoms with Gasteiger partial charge in [-0.25, -0.2) is 10.00 Å². The molecule has 27 heavy (non-hydrogen) atoms. The number of aryl methyl sites for hydroxylation is 1. The van der Waals surface area contributed by atoms with Crippen molar-refractivity contribution in [3.8, 4) is 11.4 Å². The van der Waals surface area contributed by atoms with E-state index in [4.69, 9.17) is 0 Å². The lowest BCUT2D eigenvalue weighted by atomic mass is 10.1. The molecule has 134 valence electrons. The van der Waals surface area contributed by atoms with Crippen molar-refractivity contribution >= 4 is 34.7 Å². The van der Waals surface area contributed by atoms with Crippen LogP contribution in [-0.4, -0.2) is 31.8 Å². The number of hydrogen-bond acceptors (Lipinski definition) is 6. The number of carbonyl (C=O) groups is 2. The molecule has 7 nitrogen and oxygen atoms in total. The average Bonchev–Trinajstić information content (AvgIpc) is 3.28. The number of imide groups is 1. The van der Waals surface area contributed by atoms with Gasteiger partial charge in [-0.05, 0) is 64.9 Å². The molecule has 4 rings (SSSR count). The average molecular weight is 377 g/mol. The van der Waals surface area contributed by atoms with Crippen LogP contribution < -0.4 is 4.90 Å². The zero-order valence-corrected chi connectivity index (χ0v) is 15.4. The molecule has 3 aromatic rings. The lowest BCUT2D eigenvalue weighted by Gasteiger charge is -2.16. The summed E-state index contributed by atoms with van der Waals surface area (Å²) < 4.78 is 0. The predicted molar refractivity (Wildman–Crippen MR) is 104 cm³/mol. The van der Waals surface area contributed by atoms with Crippen molar-refractivity contribution in [2.75, 3.05) is 4.90 Å². The normalized spacial score (nSPS) is 15.8. The first-order chi connectivity index (χ1) is 13.0. The Morgan fingerprint density at radius 2 is 1.85 bits per heavy atom. The van der Waals surface area contributed by atoms with Crippen molar-refractivity contribution in [1.29, 1.82) is 0 Å². The molecule has 0 unspecified atom stereocenters. The monoisotopic (exact) mass is 377 g/mol. The van der Waals surface area contributed by atoms with Gasteiger partial charge in [-0.15, -0.1) is 5.10 Å². The number of H-pyrrole nitrogens is 1. The molecular weight excluding hydrogens is 362 g/mol. The summed E-state index contributed by atoms with van der Waals surface area (Å²) in [7, 11) is 0. The van der Waals surface area contributed by atoms with Gasteiger partial charge < -0.3 is 0 Å². The first-order valence-electron chi connectivity index (χ1n) is 8.23. The summed E-state index contributed by atoms with van der Waals surface area (Å²) in [6.07, 6.45) is 1.72. The van der Waals surface area contributed by atoms with Gasteiger partial charge in [-0.1, -0.05) is 36.4 Å². The smallest absolute Gasteiger partial charge is 0.268 e. The molecule has 1 aliphatic heterocycles. The number of anilines is 1. The van der Waals surface area contributed by atoms with Gasteiger partial charge in [0.2, 0.25) is 0 Å². The predicted octanol–water partition coefficient (Wildman–Crippen LogP) is 3.72. The van der Waals surface area contributed by atoms with Crippen LogP contribution in [0.15, 0.2) is 47.4 Å². The summed E-state index contributed by atoms with van der Waals surface area (Å²) >= 11 is 0.948. The minimum absolute atomic E-state index is 0.288. The van der Waals surface area contributed by atoms with E-state index in [9.17, 15) is 9.59 Å². The van der Waals surface area contributed by atoms with Gasteiger partial charge in [0.05, 0.1) is 10.6 Å². The first-order valence-corrected chi connectivity index (χ1v) is 9.04. The van der Waals surface area contributed by atoms with Gasteiger partial charge in [0.15, 0.2) is 5.82 Å². The van der Waals surface area contributed by atoms with E-state index in [-0.39, 0.29) is 11.1 Å². The fourth-order valence-electron chi connectivity index (χ4n) is 2.82. The van der Waals surface area contributed by atoms with Crippen molar-refractivity contribution in [3.05, 3.63) is 64.1 Å². The number of nitrogens with one attached hydrogen (secondary N) is 1.